The van der Waals surface area contributed by atoms with Gasteiger partial charge in [0.2, 0.25) is 0 Å². The molecule has 0 aliphatic carbocycles. The normalized spacial score (nSPS) is 10.5. The van der Waals surface area contributed by atoms with Crippen LogP contribution >= 0.6 is 0 Å². The second kappa shape index (κ2) is 6.41. The first-order valence-corrected chi connectivity index (χ1v) is 7.16. The second-order valence-corrected chi connectivity index (χ2v) is 5.23. The molecule has 0 spiro atoms. The van der Waals surface area contributed by atoms with E-state index in [1.54, 1.807) is 23.9 Å². The predicted molar refractivity (Wildman–Crippen MR) is 87.3 cm³/mol. The number of hydrogen-bond acceptors (Lipinski definition) is 5. The monoisotopic (exact) mass is 308 g/mol. The Morgan fingerprint density at radius 1 is 1.13 bits per heavy atom. The van der Waals surface area contributed by atoms with Crippen LogP contribution in [0.25, 0.3) is 10.9 Å². The van der Waals surface area contributed by atoms with Crippen LogP contribution in [0.5, 0.6) is 0 Å². The molecule has 0 saturated heterocycles. The second-order valence-electron chi connectivity index (χ2n) is 5.23. The number of amides is 1. The van der Waals surface area contributed by atoms with Crippen molar-refractivity contribution in [2.24, 2.45) is 0 Å². The molecular weight excluding hydrogens is 292 g/mol. The van der Waals surface area contributed by atoms with Gasteiger partial charge in [-0.1, -0.05) is 18.2 Å². The number of nitrogens with one attached hydrogen (secondary N) is 2. The molecule has 23 heavy (non-hydrogen) atoms. The van der Waals surface area contributed by atoms with Gasteiger partial charge in [0.05, 0.1) is 5.52 Å². The van der Waals surface area contributed by atoms with Crippen LogP contribution in [0.4, 0.5) is 5.82 Å². The maximum Gasteiger partial charge on any atom is 0.274 e. The summed E-state index contributed by atoms with van der Waals surface area (Å²) in [6.07, 6.45) is 1.54. The molecule has 0 radical (unpaired) electrons. The molecular formula is C17H16N4O2. The van der Waals surface area contributed by atoms with E-state index in [0.717, 1.165) is 27.8 Å². The number of fused-ring (bicyclic) bond motifs is 1. The largest absolute Gasteiger partial charge is 0.365 e. The van der Waals surface area contributed by atoms with Gasteiger partial charge in [0.15, 0.2) is 0 Å². The van der Waals surface area contributed by atoms with Crippen LogP contribution in [-0.2, 0) is 6.54 Å². The SMILES string of the molecule is Cc1ccc2c(NCc3ccc(C(=O)NO)cc3)ncnc2c1. The number of nitrogens with zero attached hydrogens (tertiary/aromatic N) is 2. The lowest BCUT2D eigenvalue weighted by molar-refractivity contribution is 0.0706. The van der Waals surface area contributed by atoms with Gasteiger partial charge in [-0.15, -0.1) is 0 Å². The fourth-order valence-electron chi connectivity index (χ4n) is 2.33. The van der Waals surface area contributed by atoms with Gasteiger partial charge in [0.25, 0.3) is 5.91 Å². The summed E-state index contributed by atoms with van der Waals surface area (Å²) in [6.45, 7) is 2.60. The lowest BCUT2D eigenvalue weighted by atomic mass is 10.1. The Bertz CT molecular complexity index is 847. The molecule has 0 fully saturated rings. The fraction of sp³-hybridized carbons (Fsp3) is 0.118. The Morgan fingerprint density at radius 3 is 2.65 bits per heavy atom. The topological polar surface area (TPSA) is 87.1 Å². The Balaban J connectivity index is 1.77. The highest BCUT2D eigenvalue weighted by molar-refractivity contribution is 5.93. The van der Waals surface area contributed by atoms with Crippen molar-refractivity contribution in [2.45, 2.75) is 13.5 Å². The summed E-state index contributed by atoms with van der Waals surface area (Å²) >= 11 is 0. The molecule has 2 aromatic carbocycles. The Labute approximate surface area is 133 Å². The van der Waals surface area contributed by atoms with Gasteiger partial charge in [-0.3, -0.25) is 10.0 Å². The van der Waals surface area contributed by atoms with E-state index in [4.69, 9.17) is 5.21 Å². The lowest BCUT2D eigenvalue weighted by Crippen LogP contribution is -2.18. The van der Waals surface area contributed by atoms with Crippen molar-refractivity contribution in [1.82, 2.24) is 15.4 Å². The molecule has 0 aliphatic heterocycles. The molecule has 1 heterocycles. The van der Waals surface area contributed by atoms with Gasteiger partial charge in [0.1, 0.15) is 12.1 Å². The number of rotatable bonds is 4. The highest BCUT2D eigenvalue weighted by Gasteiger charge is 2.05. The zero-order valence-corrected chi connectivity index (χ0v) is 12.6. The van der Waals surface area contributed by atoms with Crippen molar-refractivity contribution < 1.29 is 10.0 Å². The van der Waals surface area contributed by atoms with Crippen molar-refractivity contribution in [2.75, 3.05) is 5.32 Å². The molecule has 3 N–H and O–H groups in total. The number of anilines is 1. The van der Waals surface area contributed by atoms with E-state index in [0.29, 0.717) is 12.1 Å². The number of benzene rings is 2. The van der Waals surface area contributed by atoms with Crippen LogP contribution in [0.2, 0.25) is 0 Å². The van der Waals surface area contributed by atoms with Gasteiger partial charge in [0, 0.05) is 17.5 Å². The summed E-state index contributed by atoms with van der Waals surface area (Å²) in [4.78, 5) is 19.9. The highest BCUT2D eigenvalue weighted by Crippen LogP contribution is 2.20. The number of hydroxylamine groups is 1. The van der Waals surface area contributed by atoms with Gasteiger partial charge in [-0.25, -0.2) is 15.4 Å². The molecule has 0 bridgehead atoms. The Morgan fingerprint density at radius 2 is 1.91 bits per heavy atom. The molecule has 3 rings (SSSR count). The fourth-order valence-corrected chi connectivity index (χ4v) is 2.33. The maximum absolute atomic E-state index is 11.3. The summed E-state index contributed by atoms with van der Waals surface area (Å²) in [5.41, 5.74) is 5.07. The van der Waals surface area contributed by atoms with E-state index >= 15 is 0 Å². The minimum absolute atomic E-state index is 0.402. The van der Waals surface area contributed by atoms with E-state index < -0.39 is 5.91 Å². The summed E-state index contributed by atoms with van der Waals surface area (Å²) in [5.74, 6) is 0.244. The van der Waals surface area contributed by atoms with Crippen molar-refractivity contribution in [3.05, 3.63) is 65.5 Å². The third-order valence-electron chi connectivity index (χ3n) is 3.57. The first kappa shape index (κ1) is 14.9. The average molecular weight is 308 g/mol. The molecule has 0 aliphatic rings. The zero-order valence-electron chi connectivity index (χ0n) is 12.6. The number of aryl methyl sites for hydroxylation is 1. The van der Waals surface area contributed by atoms with Crippen molar-refractivity contribution in [3.63, 3.8) is 0 Å². The standard InChI is InChI=1S/C17H16N4O2/c1-11-2-7-14-15(8-11)19-10-20-16(14)18-9-12-3-5-13(6-4-12)17(22)21-23/h2-8,10,23H,9H2,1H3,(H,21,22)(H,18,19,20). The molecule has 1 aromatic heterocycles. The molecule has 116 valence electrons. The molecule has 0 saturated carbocycles. The van der Waals surface area contributed by atoms with E-state index in [1.165, 1.54) is 0 Å². The van der Waals surface area contributed by atoms with Crippen LogP contribution in [0.3, 0.4) is 0 Å². The van der Waals surface area contributed by atoms with E-state index in [1.807, 2.05) is 37.3 Å². The minimum atomic E-state index is -0.526. The Hall–Kier alpha value is -2.99. The molecule has 1 amide bonds. The summed E-state index contributed by atoms with van der Waals surface area (Å²) in [5, 5.41) is 12.9. The molecule has 3 aromatic rings. The number of carbonyl (C=O) groups excluding carboxylic acids is 1. The van der Waals surface area contributed by atoms with Crippen LogP contribution in [0, 0.1) is 6.92 Å². The highest BCUT2D eigenvalue weighted by atomic mass is 16.5. The first-order valence-electron chi connectivity index (χ1n) is 7.16. The first-order chi connectivity index (χ1) is 11.2. The quantitative estimate of drug-likeness (QED) is 0.509. The number of carbonyl (C=O) groups is 1. The smallest absolute Gasteiger partial charge is 0.274 e. The van der Waals surface area contributed by atoms with Crippen LogP contribution in [-0.4, -0.2) is 21.1 Å². The summed E-state index contributed by atoms with van der Waals surface area (Å²) in [6, 6.07) is 13.0. The summed E-state index contributed by atoms with van der Waals surface area (Å²) < 4.78 is 0. The maximum atomic E-state index is 11.3. The number of aromatic nitrogens is 2. The van der Waals surface area contributed by atoms with Crippen molar-refractivity contribution in [3.8, 4) is 0 Å². The lowest BCUT2D eigenvalue weighted by Gasteiger charge is -2.09. The summed E-state index contributed by atoms with van der Waals surface area (Å²) in [7, 11) is 0. The number of hydrogen-bond donors (Lipinski definition) is 3. The molecule has 6 heteroatoms. The van der Waals surface area contributed by atoms with Gasteiger partial charge >= 0.3 is 0 Å². The van der Waals surface area contributed by atoms with E-state index in [2.05, 4.69) is 15.3 Å². The van der Waals surface area contributed by atoms with E-state index in [9.17, 15) is 4.79 Å². The van der Waals surface area contributed by atoms with Crippen LogP contribution < -0.4 is 10.8 Å². The molecule has 6 nitrogen and oxygen atoms in total. The zero-order chi connectivity index (χ0) is 16.2. The Kier molecular flexibility index (Phi) is 4.16. The minimum Gasteiger partial charge on any atom is -0.365 e. The van der Waals surface area contributed by atoms with Gasteiger partial charge in [-0.05, 0) is 42.3 Å². The molecule has 0 unspecified atom stereocenters. The predicted octanol–water partition coefficient (Wildman–Crippen LogP) is 2.67. The van der Waals surface area contributed by atoms with Gasteiger partial charge < -0.3 is 5.32 Å². The third-order valence-corrected chi connectivity index (χ3v) is 3.57. The average Bonchev–Trinajstić information content (AvgIpc) is 2.59. The molecule has 0 atom stereocenters. The van der Waals surface area contributed by atoms with Crippen molar-refractivity contribution in [1.29, 1.82) is 0 Å². The van der Waals surface area contributed by atoms with E-state index in [-0.39, 0.29) is 0 Å². The van der Waals surface area contributed by atoms with Crippen LogP contribution in [0.15, 0.2) is 48.8 Å². The third kappa shape index (κ3) is 3.27. The van der Waals surface area contributed by atoms with Crippen molar-refractivity contribution >= 4 is 22.6 Å². The van der Waals surface area contributed by atoms with Crippen LogP contribution in [0.1, 0.15) is 21.5 Å². The van der Waals surface area contributed by atoms with Gasteiger partial charge in [-0.2, -0.15) is 0 Å².